The van der Waals surface area contributed by atoms with Gasteiger partial charge >= 0.3 is 5.97 Å². The number of nitrogens with zero attached hydrogens (tertiary/aromatic N) is 2. The second-order valence-corrected chi connectivity index (χ2v) is 5.34. The van der Waals surface area contributed by atoms with Gasteiger partial charge in [-0.1, -0.05) is 6.07 Å². The van der Waals surface area contributed by atoms with Crippen molar-refractivity contribution in [1.82, 2.24) is 0 Å². The lowest BCUT2D eigenvalue weighted by Gasteiger charge is -2.33. The Morgan fingerprint density at radius 2 is 2.00 bits per heavy atom. The van der Waals surface area contributed by atoms with E-state index in [1.165, 1.54) is 7.11 Å². The van der Waals surface area contributed by atoms with Gasteiger partial charge in [-0.25, -0.2) is 4.79 Å². The maximum atomic E-state index is 12.4. The number of esters is 1. The highest BCUT2D eigenvalue weighted by molar-refractivity contribution is 6.06. The Hall–Kier alpha value is -2.04. The molecule has 1 fully saturated rings. The predicted octanol–water partition coefficient (Wildman–Crippen LogP) is 2.84. The summed E-state index contributed by atoms with van der Waals surface area (Å²) in [5.41, 5.74) is 2.08. The van der Waals surface area contributed by atoms with Crippen LogP contribution in [0.15, 0.2) is 18.2 Å². The first-order valence-electron chi connectivity index (χ1n) is 7.90. The molecule has 0 aromatic heterocycles. The molecule has 22 heavy (non-hydrogen) atoms. The van der Waals surface area contributed by atoms with Crippen molar-refractivity contribution in [2.45, 2.75) is 33.1 Å². The van der Waals surface area contributed by atoms with Crippen molar-refractivity contribution in [1.29, 1.82) is 0 Å². The third-order valence-corrected chi connectivity index (χ3v) is 4.12. The van der Waals surface area contributed by atoms with Crippen molar-refractivity contribution < 1.29 is 14.3 Å². The Labute approximate surface area is 131 Å². The Balaban J connectivity index is 2.58. The number of carbonyl (C=O) groups excluding carboxylic acids is 2. The first kappa shape index (κ1) is 16.3. The van der Waals surface area contributed by atoms with Gasteiger partial charge in [-0.3, -0.25) is 4.79 Å². The Morgan fingerprint density at radius 1 is 1.27 bits per heavy atom. The van der Waals surface area contributed by atoms with Gasteiger partial charge in [-0.05, 0) is 38.8 Å². The molecule has 1 aliphatic rings. The normalized spacial score (nSPS) is 14.9. The van der Waals surface area contributed by atoms with E-state index in [2.05, 4.69) is 18.7 Å². The zero-order valence-electron chi connectivity index (χ0n) is 13.6. The van der Waals surface area contributed by atoms with Crippen LogP contribution < -0.4 is 9.80 Å². The molecule has 1 aromatic carbocycles. The Kier molecular flexibility index (Phi) is 5.41. The number of hydrogen-bond donors (Lipinski definition) is 0. The van der Waals surface area contributed by atoms with Gasteiger partial charge in [0.25, 0.3) is 0 Å². The van der Waals surface area contributed by atoms with Crippen LogP contribution in [0.3, 0.4) is 0 Å². The molecule has 1 saturated heterocycles. The second-order valence-electron chi connectivity index (χ2n) is 5.34. The van der Waals surface area contributed by atoms with Crippen LogP contribution in [-0.2, 0) is 9.53 Å². The molecular weight excluding hydrogens is 280 g/mol. The number of ether oxygens (including phenoxy) is 1. The Bertz CT molecular complexity index is 553. The van der Waals surface area contributed by atoms with Crippen molar-refractivity contribution >= 4 is 23.3 Å². The molecule has 5 nitrogen and oxygen atoms in total. The number of benzene rings is 1. The minimum Gasteiger partial charge on any atom is -0.465 e. The van der Waals surface area contributed by atoms with Crippen LogP contribution in [0.4, 0.5) is 11.4 Å². The second kappa shape index (κ2) is 7.29. The average Bonchev–Trinajstić information content (AvgIpc) is 2.56. The lowest BCUT2D eigenvalue weighted by Crippen LogP contribution is -2.38. The molecule has 0 saturated carbocycles. The standard InChI is InChI=1S/C17H24N2O3/c1-4-18(5-2)14-10-8-9-13(17(21)22-3)16(14)19-12-7-6-11-15(19)20/h8-10H,4-7,11-12H2,1-3H3. The van der Waals surface area contributed by atoms with Crippen LogP contribution in [0.1, 0.15) is 43.5 Å². The van der Waals surface area contributed by atoms with Crippen molar-refractivity contribution in [2.24, 2.45) is 0 Å². The lowest BCUT2D eigenvalue weighted by molar-refractivity contribution is -0.119. The van der Waals surface area contributed by atoms with Gasteiger partial charge in [0.1, 0.15) is 0 Å². The lowest BCUT2D eigenvalue weighted by atomic mass is 10.0. The summed E-state index contributed by atoms with van der Waals surface area (Å²) in [6.45, 7) is 6.42. The summed E-state index contributed by atoms with van der Waals surface area (Å²) >= 11 is 0. The summed E-state index contributed by atoms with van der Waals surface area (Å²) in [5, 5.41) is 0. The van der Waals surface area contributed by atoms with Crippen LogP contribution in [-0.4, -0.2) is 38.6 Å². The molecular formula is C17H24N2O3. The van der Waals surface area contributed by atoms with E-state index < -0.39 is 5.97 Å². The minimum atomic E-state index is -0.401. The Morgan fingerprint density at radius 3 is 2.59 bits per heavy atom. The maximum absolute atomic E-state index is 12.4. The summed E-state index contributed by atoms with van der Waals surface area (Å²) in [5.74, 6) is -0.321. The van der Waals surface area contributed by atoms with Crippen molar-refractivity contribution in [2.75, 3.05) is 36.5 Å². The molecule has 0 radical (unpaired) electrons. The first-order chi connectivity index (χ1) is 10.6. The zero-order chi connectivity index (χ0) is 16.1. The largest absolute Gasteiger partial charge is 0.465 e. The number of piperidine rings is 1. The van der Waals surface area contributed by atoms with Gasteiger partial charge in [0.2, 0.25) is 5.91 Å². The molecule has 1 heterocycles. The molecule has 1 amide bonds. The van der Waals surface area contributed by atoms with Gasteiger partial charge in [-0.15, -0.1) is 0 Å². The summed E-state index contributed by atoms with van der Waals surface area (Å²) in [7, 11) is 1.37. The van der Waals surface area contributed by atoms with Crippen LogP contribution in [0.2, 0.25) is 0 Å². The number of carbonyl (C=O) groups is 2. The van der Waals surface area contributed by atoms with Gasteiger partial charge in [0.15, 0.2) is 0 Å². The van der Waals surface area contributed by atoms with Gasteiger partial charge in [-0.2, -0.15) is 0 Å². The molecule has 0 aliphatic carbocycles. The van der Waals surface area contributed by atoms with Crippen LogP contribution in [0, 0.1) is 0 Å². The zero-order valence-corrected chi connectivity index (χ0v) is 13.6. The van der Waals surface area contributed by atoms with Gasteiger partial charge in [0, 0.05) is 26.1 Å². The number of para-hydroxylation sites is 1. The van der Waals surface area contributed by atoms with Crippen LogP contribution in [0.5, 0.6) is 0 Å². The molecule has 0 unspecified atom stereocenters. The van der Waals surface area contributed by atoms with Crippen molar-refractivity contribution in [3.63, 3.8) is 0 Å². The van der Waals surface area contributed by atoms with Crippen LogP contribution >= 0.6 is 0 Å². The summed E-state index contributed by atoms with van der Waals surface area (Å²) in [6.07, 6.45) is 2.41. The number of amides is 1. The van der Waals surface area contributed by atoms with Gasteiger partial charge < -0.3 is 14.5 Å². The fourth-order valence-corrected chi connectivity index (χ4v) is 2.95. The van der Waals surface area contributed by atoms with E-state index in [0.717, 1.165) is 31.6 Å². The fraction of sp³-hybridized carbons (Fsp3) is 0.529. The van der Waals surface area contributed by atoms with Crippen LogP contribution in [0.25, 0.3) is 0 Å². The van der Waals surface area contributed by atoms with Crippen molar-refractivity contribution in [3.05, 3.63) is 23.8 Å². The van der Waals surface area contributed by atoms with Gasteiger partial charge in [0.05, 0.1) is 24.0 Å². The molecule has 0 atom stereocenters. The van der Waals surface area contributed by atoms with E-state index in [9.17, 15) is 9.59 Å². The molecule has 2 rings (SSSR count). The maximum Gasteiger partial charge on any atom is 0.340 e. The summed E-state index contributed by atoms with van der Waals surface area (Å²) in [6, 6.07) is 5.55. The highest BCUT2D eigenvalue weighted by Crippen LogP contribution is 2.35. The van der Waals surface area contributed by atoms with E-state index in [1.807, 2.05) is 12.1 Å². The predicted molar refractivity (Wildman–Crippen MR) is 87.5 cm³/mol. The SMILES string of the molecule is CCN(CC)c1cccc(C(=O)OC)c1N1CCCCC1=O. The van der Waals surface area contributed by atoms with E-state index in [-0.39, 0.29) is 5.91 Å². The molecule has 1 aromatic rings. The quantitative estimate of drug-likeness (QED) is 0.785. The molecule has 120 valence electrons. The van der Waals surface area contributed by atoms with E-state index >= 15 is 0 Å². The summed E-state index contributed by atoms with van der Waals surface area (Å²) in [4.78, 5) is 28.4. The summed E-state index contributed by atoms with van der Waals surface area (Å²) < 4.78 is 4.91. The average molecular weight is 304 g/mol. The number of hydrogen-bond acceptors (Lipinski definition) is 4. The van der Waals surface area contributed by atoms with Crippen molar-refractivity contribution in [3.8, 4) is 0 Å². The molecule has 5 heteroatoms. The van der Waals surface area contributed by atoms with E-state index in [0.29, 0.717) is 24.2 Å². The topological polar surface area (TPSA) is 49.9 Å². The first-order valence-corrected chi connectivity index (χ1v) is 7.90. The molecule has 1 aliphatic heterocycles. The monoisotopic (exact) mass is 304 g/mol. The number of methoxy groups -OCH3 is 1. The molecule has 0 spiro atoms. The van der Waals surface area contributed by atoms with E-state index in [4.69, 9.17) is 4.74 Å². The fourth-order valence-electron chi connectivity index (χ4n) is 2.95. The highest BCUT2D eigenvalue weighted by Gasteiger charge is 2.28. The third-order valence-electron chi connectivity index (χ3n) is 4.12. The third kappa shape index (κ3) is 3.08. The number of anilines is 2. The minimum absolute atomic E-state index is 0.0796. The smallest absolute Gasteiger partial charge is 0.340 e. The number of rotatable bonds is 5. The molecule has 0 bridgehead atoms. The molecule has 0 N–H and O–H groups in total. The highest BCUT2D eigenvalue weighted by atomic mass is 16.5. The van der Waals surface area contributed by atoms with E-state index in [1.54, 1.807) is 11.0 Å².